The number of ether oxygens (including phenoxy) is 2. The Morgan fingerprint density at radius 2 is 1.97 bits per heavy atom. The first-order chi connectivity index (χ1) is 16.9. The summed E-state index contributed by atoms with van der Waals surface area (Å²) in [5.41, 5.74) is 2.37. The van der Waals surface area contributed by atoms with E-state index in [0.29, 0.717) is 39.2 Å². The van der Waals surface area contributed by atoms with Gasteiger partial charge in [0.15, 0.2) is 5.65 Å². The van der Waals surface area contributed by atoms with Crippen LogP contribution in [0.3, 0.4) is 0 Å². The summed E-state index contributed by atoms with van der Waals surface area (Å²) in [6, 6.07) is 10.1. The average molecular weight is 492 g/mol. The second-order valence-corrected chi connectivity index (χ2v) is 7.47. The van der Waals surface area contributed by atoms with E-state index in [1.165, 1.54) is 31.5 Å². The van der Waals surface area contributed by atoms with E-state index in [1.54, 1.807) is 47.1 Å². The number of hydrogen-bond acceptors (Lipinski definition) is 8. The molecule has 0 saturated heterocycles. The number of nitrogens with one attached hydrogen (secondary N) is 1. The first kappa shape index (κ1) is 23.5. The number of pyridine rings is 1. The fourth-order valence-corrected chi connectivity index (χ4v) is 3.49. The molecular formula is C23H18ClN7O4. The van der Waals surface area contributed by atoms with E-state index in [4.69, 9.17) is 16.3 Å². The zero-order valence-electron chi connectivity index (χ0n) is 18.6. The second-order valence-electron chi connectivity index (χ2n) is 7.06. The number of amides is 2. The van der Waals surface area contributed by atoms with Crippen LogP contribution in [0, 0.1) is 11.3 Å². The van der Waals surface area contributed by atoms with E-state index in [1.807, 2.05) is 6.07 Å². The molecule has 0 fully saturated rings. The Labute approximate surface area is 204 Å². The minimum Gasteiger partial charge on any atom is -0.495 e. The monoisotopic (exact) mass is 491 g/mol. The normalized spacial score (nSPS) is 10.5. The quantitative estimate of drug-likeness (QED) is 0.402. The number of rotatable bonds is 6. The maximum Gasteiger partial charge on any atom is 0.412 e. The number of hydrogen-bond donors (Lipinski definition) is 1. The maximum atomic E-state index is 13.3. The SMILES string of the molecule is COC(=O)Nc1ccc(-c2cnc3cnc(C(=O)N(CC#N)c4ccc(Cl)c(OC)c4)cn23)cn1. The lowest BCUT2D eigenvalue weighted by molar-refractivity contribution is 0.0984. The molecule has 35 heavy (non-hydrogen) atoms. The number of fused-ring (bicyclic) bond motifs is 1. The smallest absolute Gasteiger partial charge is 0.412 e. The van der Waals surface area contributed by atoms with E-state index in [-0.39, 0.29) is 12.2 Å². The highest BCUT2D eigenvalue weighted by molar-refractivity contribution is 6.32. The van der Waals surface area contributed by atoms with Gasteiger partial charge in [-0.05, 0) is 24.3 Å². The first-order valence-electron chi connectivity index (χ1n) is 10.1. The summed E-state index contributed by atoms with van der Waals surface area (Å²) in [6.45, 7) is -0.210. The molecule has 0 aliphatic carbocycles. The topological polar surface area (TPSA) is 135 Å². The summed E-state index contributed by atoms with van der Waals surface area (Å²) in [4.78, 5) is 38.8. The van der Waals surface area contributed by atoms with Gasteiger partial charge in [-0.1, -0.05) is 11.6 Å². The Morgan fingerprint density at radius 3 is 2.66 bits per heavy atom. The number of benzene rings is 1. The molecule has 0 aliphatic rings. The van der Waals surface area contributed by atoms with Crippen LogP contribution >= 0.6 is 11.6 Å². The molecule has 0 bridgehead atoms. The van der Waals surface area contributed by atoms with Crippen LogP contribution in [-0.2, 0) is 4.74 Å². The Bertz CT molecular complexity index is 1450. The number of imidazole rings is 1. The number of nitriles is 1. The molecule has 0 aliphatic heterocycles. The third kappa shape index (κ3) is 4.83. The van der Waals surface area contributed by atoms with Crippen LogP contribution in [0.15, 0.2) is 55.1 Å². The van der Waals surface area contributed by atoms with Crippen LogP contribution in [0.5, 0.6) is 5.75 Å². The summed E-state index contributed by atoms with van der Waals surface area (Å²) in [5, 5.41) is 12.2. The van der Waals surface area contributed by atoms with Crippen molar-refractivity contribution in [2.45, 2.75) is 0 Å². The van der Waals surface area contributed by atoms with Crippen LogP contribution in [0.4, 0.5) is 16.3 Å². The van der Waals surface area contributed by atoms with Gasteiger partial charge >= 0.3 is 6.09 Å². The highest BCUT2D eigenvalue weighted by Gasteiger charge is 2.21. The molecule has 0 unspecified atom stereocenters. The Kier molecular flexibility index (Phi) is 6.75. The van der Waals surface area contributed by atoms with Crippen LogP contribution in [0.1, 0.15) is 10.5 Å². The molecule has 0 atom stereocenters. The standard InChI is InChI=1S/C23H18ClN7O4/c1-34-19-9-15(4-5-16(19)24)30(8-7-25)22(32)17-13-31-18(11-28-21(31)12-26-17)14-3-6-20(27-10-14)29-23(33)35-2/h3-6,9-13H,8H2,1-2H3,(H,27,29,33). The van der Waals surface area contributed by atoms with E-state index < -0.39 is 12.0 Å². The van der Waals surface area contributed by atoms with E-state index in [9.17, 15) is 14.9 Å². The average Bonchev–Trinajstić information content (AvgIpc) is 3.31. The van der Waals surface area contributed by atoms with Crippen molar-refractivity contribution in [3.63, 3.8) is 0 Å². The Hall–Kier alpha value is -4.69. The van der Waals surface area contributed by atoms with Crippen molar-refractivity contribution >= 4 is 40.8 Å². The lowest BCUT2D eigenvalue weighted by Crippen LogP contribution is -2.32. The van der Waals surface area contributed by atoms with Gasteiger partial charge in [0.05, 0.1) is 43.4 Å². The zero-order valence-corrected chi connectivity index (χ0v) is 19.4. The van der Waals surface area contributed by atoms with Gasteiger partial charge in [-0.15, -0.1) is 0 Å². The summed E-state index contributed by atoms with van der Waals surface area (Å²) < 4.78 is 11.5. The molecule has 4 aromatic rings. The first-order valence-corrected chi connectivity index (χ1v) is 10.5. The minimum absolute atomic E-state index is 0.0952. The van der Waals surface area contributed by atoms with Gasteiger partial charge in [-0.3, -0.25) is 19.4 Å². The Balaban J connectivity index is 1.68. The van der Waals surface area contributed by atoms with Crippen LogP contribution in [-0.4, -0.2) is 52.1 Å². The fraction of sp³-hybridized carbons (Fsp3) is 0.130. The van der Waals surface area contributed by atoms with E-state index >= 15 is 0 Å². The molecule has 3 aromatic heterocycles. The van der Waals surface area contributed by atoms with Crippen molar-refractivity contribution in [2.24, 2.45) is 0 Å². The van der Waals surface area contributed by atoms with Gasteiger partial charge in [0.25, 0.3) is 5.91 Å². The van der Waals surface area contributed by atoms with Crippen molar-refractivity contribution in [2.75, 3.05) is 31.0 Å². The fourth-order valence-electron chi connectivity index (χ4n) is 3.29. The van der Waals surface area contributed by atoms with Crippen molar-refractivity contribution in [1.82, 2.24) is 19.4 Å². The second kappa shape index (κ2) is 10.1. The largest absolute Gasteiger partial charge is 0.495 e. The molecule has 0 radical (unpaired) electrons. The van der Waals surface area contributed by atoms with Gasteiger partial charge in [0, 0.05) is 29.7 Å². The summed E-state index contributed by atoms with van der Waals surface area (Å²) >= 11 is 6.10. The number of halogens is 1. The number of nitrogens with zero attached hydrogens (tertiary/aromatic N) is 6. The van der Waals surface area contributed by atoms with Crippen molar-refractivity contribution < 1.29 is 19.1 Å². The highest BCUT2D eigenvalue weighted by Crippen LogP contribution is 2.30. The minimum atomic E-state index is -0.630. The van der Waals surface area contributed by atoms with Gasteiger partial charge in [0.1, 0.15) is 23.8 Å². The molecular weight excluding hydrogens is 474 g/mol. The third-order valence-electron chi connectivity index (χ3n) is 5.01. The summed E-state index contributed by atoms with van der Waals surface area (Å²) in [6.07, 6.45) is 5.54. The highest BCUT2D eigenvalue weighted by atomic mass is 35.5. The molecule has 1 aromatic carbocycles. The maximum absolute atomic E-state index is 13.3. The number of carbonyl (C=O) groups excluding carboxylic acids is 2. The third-order valence-corrected chi connectivity index (χ3v) is 5.32. The lowest BCUT2D eigenvalue weighted by atomic mass is 10.2. The van der Waals surface area contributed by atoms with Crippen LogP contribution in [0.25, 0.3) is 16.9 Å². The Morgan fingerprint density at radius 1 is 1.14 bits per heavy atom. The lowest BCUT2D eigenvalue weighted by Gasteiger charge is -2.20. The predicted molar refractivity (Wildman–Crippen MR) is 128 cm³/mol. The number of aromatic nitrogens is 4. The number of anilines is 2. The molecule has 0 saturated carbocycles. The molecule has 0 spiro atoms. The van der Waals surface area contributed by atoms with Crippen molar-refractivity contribution in [3.8, 4) is 23.1 Å². The van der Waals surface area contributed by atoms with E-state index in [0.717, 1.165) is 0 Å². The number of methoxy groups -OCH3 is 2. The molecule has 11 nitrogen and oxygen atoms in total. The van der Waals surface area contributed by atoms with Gasteiger partial charge < -0.3 is 9.47 Å². The van der Waals surface area contributed by atoms with Crippen LogP contribution in [0.2, 0.25) is 5.02 Å². The molecule has 176 valence electrons. The van der Waals surface area contributed by atoms with Crippen molar-refractivity contribution in [1.29, 1.82) is 5.26 Å². The molecule has 2 amide bonds. The van der Waals surface area contributed by atoms with Gasteiger partial charge in [-0.2, -0.15) is 5.26 Å². The number of carbonyl (C=O) groups is 2. The van der Waals surface area contributed by atoms with Gasteiger partial charge in [0.2, 0.25) is 0 Å². The molecule has 12 heteroatoms. The van der Waals surface area contributed by atoms with E-state index in [2.05, 4.69) is 25.0 Å². The van der Waals surface area contributed by atoms with Crippen LogP contribution < -0.4 is 15.0 Å². The summed E-state index contributed by atoms with van der Waals surface area (Å²) in [5.74, 6) is 0.198. The zero-order chi connectivity index (χ0) is 24.9. The predicted octanol–water partition coefficient (Wildman–Crippen LogP) is 3.80. The summed E-state index contributed by atoms with van der Waals surface area (Å²) in [7, 11) is 2.72. The van der Waals surface area contributed by atoms with Crippen molar-refractivity contribution in [3.05, 3.63) is 65.8 Å². The molecule has 1 N–H and O–H groups in total. The molecule has 3 heterocycles. The van der Waals surface area contributed by atoms with Gasteiger partial charge in [-0.25, -0.2) is 19.7 Å². The molecule has 4 rings (SSSR count).